The highest BCUT2D eigenvalue weighted by Gasteiger charge is 2.59. The summed E-state index contributed by atoms with van der Waals surface area (Å²) in [6.45, 7) is 0. The van der Waals surface area contributed by atoms with Gasteiger partial charge in [0, 0.05) is 5.57 Å². The number of fused-ring (bicyclic) bond motifs is 1. The van der Waals surface area contributed by atoms with E-state index in [4.69, 9.17) is 4.74 Å². The molecule has 0 unspecified atom stereocenters. The van der Waals surface area contributed by atoms with Gasteiger partial charge in [-0.1, -0.05) is 84.9 Å². The number of esters is 1. The zero-order valence-electron chi connectivity index (χ0n) is 24.5. The first-order chi connectivity index (χ1) is 21.4. The second-order valence-electron chi connectivity index (χ2n) is 10.7. The number of ether oxygens (including phenoxy) is 1. The summed E-state index contributed by atoms with van der Waals surface area (Å²) >= 11 is 0. The summed E-state index contributed by atoms with van der Waals surface area (Å²) in [5.74, 6) is -1.39. The number of carbonyl (C=O) groups excluding carboxylic acids is 3. The van der Waals surface area contributed by atoms with Crippen LogP contribution in [0.25, 0.3) is 0 Å². The molecule has 0 radical (unpaired) electrons. The third-order valence-electron chi connectivity index (χ3n) is 8.13. The molecular weight excluding hydrogens is 671 g/mol. The minimum atomic E-state index is -2.46. The van der Waals surface area contributed by atoms with Gasteiger partial charge in [0.05, 0.1) is 36.2 Å². The van der Waals surface area contributed by atoms with Gasteiger partial charge in [-0.3, -0.25) is 18.7 Å². The lowest BCUT2D eigenvalue weighted by Gasteiger charge is -2.49. The van der Waals surface area contributed by atoms with E-state index in [1.54, 1.807) is 0 Å². The Hall–Kier alpha value is -3.91. The zero-order chi connectivity index (χ0) is 30.7. The van der Waals surface area contributed by atoms with Gasteiger partial charge in [-0.2, -0.15) is 0 Å². The van der Waals surface area contributed by atoms with E-state index in [9.17, 15) is 18.6 Å². The van der Waals surface area contributed by atoms with E-state index in [-0.39, 0.29) is 40.8 Å². The summed E-state index contributed by atoms with van der Waals surface area (Å²) in [5.41, 5.74) is 1.54. The van der Waals surface area contributed by atoms with Gasteiger partial charge in [-0.15, -0.1) is 0 Å². The number of benzene rings is 4. The van der Waals surface area contributed by atoms with Crippen LogP contribution in [0, 0.1) is 0 Å². The highest BCUT2D eigenvalue weighted by Crippen LogP contribution is 2.57. The van der Waals surface area contributed by atoms with Gasteiger partial charge in [0.15, 0.2) is 0 Å². The average molecular weight is 704 g/mol. The van der Waals surface area contributed by atoms with Crippen LogP contribution in [0.15, 0.2) is 133 Å². The number of nitrogens with zero attached hydrogens (tertiary/aromatic N) is 1. The minimum Gasteiger partial charge on any atom is -1.00 e. The molecule has 6 rings (SSSR count). The number of amides is 2. The van der Waals surface area contributed by atoms with Crippen LogP contribution in [0.4, 0.5) is 0 Å². The second-order valence-corrected chi connectivity index (χ2v) is 15.8. The smallest absolute Gasteiger partial charge is 0.354 e. The maximum Gasteiger partial charge on any atom is 0.354 e. The normalized spacial score (nSPS) is 19.1. The highest BCUT2D eigenvalue weighted by atomic mass is 79.9. The molecule has 45 heavy (non-hydrogen) atoms. The van der Waals surface area contributed by atoms with Crippen LogP contribution in [0.3, 0.4) is 0 Å². The van der Waals surface area contributed by atoms with Crippen molar-refractivity contribution in [3.63, 3.8) is 0 Å². The Morgan fingerprint density at radius 1 is 0.822 bits per heavy atom. The largest absolute Gasteiger partial charge is 1.00 e. The molecule has 230 valence electrons. The van der Waals surface area contributed by atoms with E-state index in [1.165, 1.54) is 12.0 Å². The molecule has 2 aliphatic rings. The molecule has 0 aliphatic carbocycles. The number of hydrogen-bond donors (Lipinski definition) is 1. The Bertz CT molecular complexity index is 1640. The number of nitrogens with one attached hydrogen (secondary N) is 1. The first-order valence-electron chi connectivity index (χ1n) is 14.3. The van der Waals surface area contributed by atoms with Crippen molar-refractivity contribution in [2.45, 2.75) is 17.8 Å². The van der Waals surface area contributed by atoms with Crippen molar-refractivity contribution in [2.24, 2.45) is 0 Å². The molecule has 0 spiro atoms. The molecule has 0 saturated carbocycles. The second kappa shape index (κ2) is 14.0. The number of carbonyl (C=O) groups is 3. The Morgan fingerprint density at radius 2 is 1.29 bits per heavy atom. The first kappa shape index (κ1) is 32.5. The summed E-state index contributed by atoms with van der Waals surface area (Å²) in [4.78, 5) is 41.2. The number of hydrogen-bond acceptors (Lipinski definition) is 5. The summed E-state index contributed by atoms with van der Waals surface area (Å²) in [6.07, 6.45) is 0.482. The zero-order valence-corrected chi connectivity index (χ0v) is 27.8. The van der Waals surface area contributed by atoms with Crippen LogP contribution in [-0.2, 0) is 36.3 Å². The predicted molar refractivity (Wildman–Crippen MR) is 175 cm³/mol. The Labute approximate surface area is 276 Å². The van der Waals surface area contributed by atoms with Crippen LogP contribution in [0.1, 0.15) is 5.56 Å². The topological polar surface area (TPSA) is 92.8 Å². The molecule has 1 fully saturated rings. The van der Waals surface area contributed by atoms with Crippen LogP contribution < -0.4 is 38.2 Å². The maximum absolute atomic E-state index is 13.9. The lowest BCUT2D eigenvalue weighted by molar-refractivity contribution is -0.152. The molecule has 0 bridgehead atoms. The van der Waals surface area contributed by atoms with Gasteiger partial charge >= 0.3 is 5.97 Å². The monoisotopic (exact) mass is 702 g/mol. The minimum absolute atomic E-state index is 0. The Morgan fingerprint density at radius 3 is 1.76 bits per heavy atom. The third-order valence-corrected chi connectivity index (χ3v) is 14.2. The number of methoxy groups -OCH3 is 1. The fourth-order valence-corrected chi connectivity index (χ4v) is 12.3. The van der Waals surface area contributed by atoms with Gasteiger partial charge in [0.25, 0.3) is 5.91 Å². The van der Waals surface area contributed by atoms with Crippen LogP contribution in [0.5, 0.6) is 0 Å². The maximum atomic E-state index is 13.9. The Balaban J connectivity index is 0.00000400. The van der Waals surface area contributed by atoms with Gasteiger partial charge in [0.1, 0.15) is 40.3 Å². The SMILES string of the molecule is COC(=O)C1=C(C[P+](c2ccccc2)(c2ccccc2)c2ccccc2)C[S@](=O)[C@@H]2[C@H](NC(=O)Cc3ccccc3)C(=O)N12.[Br-]. The van der Waals surface area contributed by atoms with E-state index in [2.05, 4.69) is 41.7 Å². The molecule has 2 aliphatic heterocycles. The van der Waals surface area contributed by atoms with Gasteiger partial charge in [-0.05, 0) is 42.0 Å². The predicted octanol–water partition coefficient (Wildman–Crippen LogP) is 0.0697. The third kappa shape index (κ3) is 6.17. The first-order valence-corrected chi connectivity index (χ1v) is 17.7. The lowest BCUT2D eigenvalue weighted by atomic mass is 10.0. The van der Waals surface area contributed by atoms with Crippen LogP contribution in [0.2, 0.25) is 0 Å². The standard InChI is InChI=1S/C35H31N2O5PS.BrH/c1-42-35(40)32-26(24-44(41)34-31(33(39)37(32)34)36-30(38)22-25-14-6-2-7-15-25)23-43(27-16-8-3-9-17-27,28-18-10-4-11-19-28)29-20-12-5-13-21-29;/h2-21,31,34H,22-24H2,1H3;1H/t31-,34-,44+;/m1./s1. The molecule has 1 saturated heterocycles. The van der Waals surface area contributed by atoms with Crippen molar-refractivity contribution in [2.75, 3.05) is 19.0 Å². The molecule has 1 N–H and O–H groups in total. The van der Waals surface area contributed by atoms with Crippen molar-refractivity contribution in [3.8, 4) is 0 Å². The molecule has 2 heterocycles. The van der Waals surface area contributed by atoms with Gasteiger partial charge in [-0.25, -0.2) is 4.79 Å². The molecule has 7 nitrogen and oxygen atoms in total. The van der Waals surface area contributed by atoms with Crippen molar-refractivity contribution in [3.05, 3.63) is 138 Å². The Kier molecular flexibility index (Phi) is 10.1. The van der Waals surface area contributed by atoms with Gasteiger partial charge in [0.2, 0.25) is 5.91 Å². The van der Waals surface area contributed by atoms with E-state index < -0.39 is 41.4 Å². The van der Waals surface area contributed by atoms with Crippen molar-refractivity contribution in [1.29, 1.82) is 0 Å². The summed E-state index contributed by atoms with van der Waals surface area (Å²) < 4.78 is 19.1. The van der Waals surface area contributed by atoms with Crippen molar-refractivity contribution in [1.82, 2.24) is 10.2 Å². The lowest BCUT2D eigenvalue weighted by Crippen LogP contribution is -3.00. The van der Waals surface area contributed by atoms with Crippen molar-refractivity contribution < 1.29 is 40.3 Å². The number of β-lactam (4-membered cyclic amide) rings is 1. The number of halogens is 1. The average Bonchev–Trinajstić information content (AvgIpc) is 3.07. The summed E-state index contributed by atoms with van der Waals surface area (Å²) in [6, 6.07) is 38.7. The van der Waals surface area contributed by atoms with Crippen LogP contribution >= 0.6 is 7.26 Å². The molecule has 0 aromatic heterocycles. The van der Waals surface area contributed by atoms with Gasteiger partial charge < -0.3 is 27.0 Å². The van der Waals surface area contributed by atoms with E-state index >= 15 is 0 Å². The quantitative estimate of drug-likeness (QED) is 0.152. The van der Waals surface area contributed by atoms with E-state index in [0.29, 0.717) is 11.7 Å². The van der Waals surface area contributed by atoms with E-state index in [1.807, 2.05) is 84.9 Å². The molecule has 2 amide bonds. The summed E-state index contributed by atoms with van der Waals surface area (Å²) in [7, 11) is -2.75. The van der Waals surface area contributed by atoms with E-state index in [0.717, 1.165) is 21.5 Å². The number of rotatable bonds is 9. The van der Waals surface area contributed by atoms with Crippen LogP contribution in [-0.4, -0.2) is 57.3 Å². The fourth-order valence-electron chi connectivity index (χ4n) is 6.12. The molecular formula is C35H32BrN2O5PS. The molecule has 4 aromatic rings. The molecule has 4 aromatic carbocycles. The molecule has 3 atom stereocenters. The summed E-state index contributed by atoms with van der Waals surface area (Å²) in [5, 5.41) is 5.22. The fraction of sp³-hybridized carbons (Fsp3) is 0.171. The highest BCUT2D eigenvalue weighted by molar-refractivity contribution is 7.96. The molecule has 10 heteroatoms. The van der Waals surface area contributed by atoms with Crippen molar-refractivity contribution >= 4 is 51.8 Å².